The number of carbonyl (C=O) groups is 1. The summed E-state index contributed by atoms with van der Waals surface area (Å²) in [6.45, 7) is 3.91. The molecule has 1 aromatic rings. The maximum atomic E-state index is 11.9. The van der Waals surface area contributed by atoms with Gasteiger partial charge in [-0.25, -0.2) is 0 Å². The van der Waals surface area contributed by atoms with Gasteiger partial charge in [-0.15, -0.1) is 0 Å². The first-order valence-corrected chi connectivity index (χ1v) is 6.46. The molecule has 2 nitrogen and oxygen atoms in total. The minimum Gasteiger partial charge on any atom is -0.326 e. The van der Waals surface area contributed by atoms with Crippen LogP contribution in [0.15, 0.2) is 24.3 Å². The van der Waals surface area contributed by atoms with Crippen molar-refractivity contribution in [2.24, 2.45) is 5.92 Å². The molecular weight excluding hydrogens is 210 g/mol. The molecule has 1 amide bonds. The predicted octanol–water partition coefficient (Wildman–Crippen LogP) is 3.78. The van der Waals surface area contributed by atoms with Crippen molar-refractivity contribution in [1.82, 2.24) is 0 Å². The van der Waals surface area contributed by atoms with Crippen LogP contribution in [0.2, 0.25) is 0 Å². The van der Waals surface area contributed by atoms with Gasteiger partial charge in [0, 0.05) is 12.1 Å². The molecule has 0 aromatic heterocycles. The summed E-state index contributed by atoms with van der Waals surface area (Å²) in [6.07, 6.45) is 6.97. The molecule has 0 saturated heterocycles. The average molecular weight is 230 g/mol. The number of anilines is 1. The zero-order valence-corrected chi connectivity index (χ0v) is 10.2. The van der Waals surface area contributed by atoms with Crippen LogP contribution in [0.4, 0.5) is 5.69 Å². The quantitative estimate of drug-likeness (QED) is 0.841. The van der Waals surface area contributed by atoms with E-state index in [2.05, 4.69) is 12.2 Å². The van der Waals surface area contributed by atoms with E-state index in [0.29, 0.717) is 12.3 Å². The lowest BCUT2D eigenvalue weighted by Gasteiger charge is -2.21. The third-order valence-corrected chi connectivity index (χ3v) is 3.49. The highest BCUT2D eigenvalue weighted by Crippen LogP contribution is 2.26. The highest BCUT2D eigenvalue weighted by atomic mass is 16.1. The molecule has 0 bridgehead atoms. The Bertz CT molecular complexity index is 380. The number of rotatable bonds is 3. The molecule has 1 radical (unpaired) electrons. The summed E-state index contributed by atoms with van der Waals surface area (Å²) in [4.78, 5) is 11.9. The van der Waals surface area contributed by atoms with Crippen LogP contribution in [0.3, 0.4) is 0 Å². The monoisotopic (exact) mass is 230 g/mol. The van der Waals surface area contributed by atoms with Gasteiger partial charge < -0.3 is 5.32 Å². The van der Waals surface area contributed by atoms with Crippen LogP contribution in [0.25, 0.3) is 0 Å². The van der Waals surface area contributed by atoms with Gasteiger partial charge in [-0.05, 0) is 37.3 Å². The third kappa shape index (κ3) is 3.58. The first-order valence-electron chi connectivity index (χ1n) is 6.46. The number of amides is 1. The smallest absolute Gasteiger partial charge is 0.224 e. The van der Waals surface area contributed by atoms with Crippen LogP contribution in [-0.4, -0.2) is 5.91 Å². The summed E-state index contributed by atoms with van der Waals surface area (Å²) in [6, 6.07) is 7.67. The fourth-order valence-corrected chi connectivity index (χ4v) is 2.50. The van der Waals surface area contributed by atoms with E-state index in [-0.39, 0.29) is 5.91 Å². The van der Waals surface area contributed by atoms with Gasteiger partial charge in [-0.1, -0.05) is 37.5 Å². The molecule has 0 unspecified atom stereocenters. The number of para-hydroxylation sites is 1. The van der Waals surface area contributed by atoms with Gasteiger partial charge in [-0.2, -0.15) is 0 Å². The number of hydrogen-bond acceptors (Lipinski definition) is 1. The molecule has 1 aliphatic rings. The molecule has 1 N–H and O–H groups in total. The Hall–Kier alpha value is -1.31. The van der Waals surface area contributed by atoms with Crippen molar-refractivity contribution in [3.8, 4) is 0 Å². The number of benzene rings is 1. The molecule has 1 fully saturated rings. The van der Waals surface area contributed by atoms with Crippen LogP contribution in [-0.2, 0) is 4.79 Å². The van der Waals surface area contributed by atoms with Crippen LogP contribution in [0.5, 0.6) is 0 Å². The fourth-order valence-electron chi connectivity index (χ4n) is 2.50. The second kappa shape index (κ2) is 5.85. The van der Waals surface area contributed by atoms with Crippen LogP contribution in [0.1, 0.15) is 44.1 Å². The Kier molecular flexibility index (Phi) is 4.18. The van der Waals surface area contributed by atoms with Crippen LogP contribution in [0, 0.1) is 12.8 Å². The molecule has 17 heavy (non-hydrogen) atoms. The summed E-state index contributed by atoms with van der Waals surface area (Å²) in [5.74, 6) is 0.716. The van der Waals surface area contributed by atoms with E-state index >= 15 is 0 Å². The molecule has 2 rings (SSSR count). The maximum Gasteiger partial charge on any atom is 0.224 e. The molecule has 0 aliphatic heterocycles. The summed E-state index contributed by atoms with van der Waals surface area (Å²) in [5.41, 5.74) is 1.72. The fraction of sp³-hybridized carbons (Fsp3) is 0.467. The van der Waals surface area contributed by atoms with E-state index in [9.17, 15) is 4.79 Å². The summed E-state index contributed by atoms with van der Waals surface area (Å²) < 4.78 is 0. The normalized spacial score (nSPS) is 16.8. The molecule has 1 saturated carbocycles. The van der Waals surface area contributed by atoms with Crippen molar-refractivity contribution in [2.75, 3.05) is 5.32 Å². The van der Waals surface area contributed by atoms with E-state index in [1.54, 1.807) is 0 Å². The van der Waals surface area contributed by atoms with Crippen molar-refractivity contribution in [2.45, 2.75) is 38.5 Å². The second-order valence-corrected chi connectivity index (χ2v) is 4.91. The molecule has 0 heterocycles. The van der Waals surface area contributed by atoms with Crippen LogP contribution < -0.4 is 5.32 Å². The second-order valence-electron chi connectivity index (χ2n) is 4.91. The van der Waals surface area contributed by atoms with E-state index in [4.69, 9.17) is 0 Å². The lowest BCUT2D eigenvalue weighted by atomic mass is 9.87. The van der Waals surface area contributed by atoms with Gasteiger partial charge in [0.15, 0.2) is 0 Å². The minimum absolute atomic E-state index is 0.132. The number of hydrogen-bond donors (Lipinski definition) is 1. The number of nitrogens with one attached hydrogen (secondary N) is 1. The highest BCUT2D eigenvalue weighted by Gasteiger charge is 2.17. The van der Waals surface area contributed by atoms with E-state index in [0.717, 1.165) is 11.3 Å². The Morgan fingerprint density at radius 2 is 1.94 bits per heavy atom. The molecular formula is C15H20NO. The predicted molar refractivity (Wildman–Crippen MR) is 70.7 cm³/mol. The standard InChI is InChI=1S/C15H20NO/c1-12-7-5-6-10-14(12)16-15(17)11-13-8-3-2-4-9-13/h5-7,10,13H,1-4,8-9,11H2,(H,16,17). The lowest BCUT2D eigenvalue weighted by Crippen LogP contribution is -2.18. The first-order chi connectivity index (χ1) is 8.25. The van der Waals surface area contributed by atoms with E-state index in [1.165, 1.54) is 32.1 Å². The topological polar surface area (TPSA) is 29.1 Å². The Morgan fingerprint density at radius 1 is 1.24 bits per heavy atom. The third-order valence-electron chi connectivity index (χ3n) is 3.49. The molecule has 91 valence electrons. The van der Waals surface area contributed by atoms with Gasteiger partial charge in [0.1, 0.15) is 0 Å². The SMILES string of the molecule is [CH2]c1ccccc1NC(=O)CC1CCCCC1. The largest absolute Gasteiger partial charge is 0.326 e. The highest BCUT2D eigenvalue weighted by molar-refractivity contribution is 5.91. The minimum atomic E-state index is 0.132. The van der Waals surface area contributed by atoms with Crippen molar-refractivity contribution in [3.63, 3.8) is 0 Å². The van der Waals surface area contributed by atoms with Crippen LogP contribution >= 0.6 is 0 Å². The summed E-state index contributed by atoms with van der Waals surface area (Å²) in [7, 11) is 0. The molecule has 1 aromatic carbocycles. The maximum absolute atomic E-state index is 11.9. The zero-order chi connectivity index (χ0) is 12.1. The Labute approximate surface area is 103 Å². The van der Waals surface area contributed by atoms with Gasteiger partial charge in [0.05, 0.1) is 0 Å². The lowest BCUT2D eigenvalue weighted by molar-refractivity contribution is -0.117. The molecule has 2 heteroatoms. The van der Waals surface area contributed by atoms with Gasteiger partial charge in [0.2, 0.25) is 5.91 Å². The van der Waals surface area contributed by atoms with Gasteiger partial charge >= 0.3 is 0 Å². The average Bonchev–Trinajstić information content (AvgIpc) is 2.33. The number of carbonyl (C=O) groups excluding carboxylic acids is 1. The summed E-state index contributed by atoms with van der Waals surface area (Å²) >= 11 is 0. The van der Waals surface area contributed by atoms with Crippen molar-refractivity contribution in [3.05, 3.63) is 36.8 Å². The molecule has 0 atom stereocenters. The van der Waals surface area contributed by atoms with Crippen molar-refractivity contribution < 1.29 is 4.79 Å². The van der Waals surface area contributed by atoms with Crippen molar-refractivity contribution in [1.29, 1.82) is 0 Å². The van der Waals surface area contributed by atoms with Gasteiger partial charge in [0.25, 0.3) is 0 Å². The Morgan fingerprint density at radius 3 is 2.65 bits per heavy atom. The zero-order valence-electron chi connectivity index (χ0n) is 10.2. The Balaban J connectivity index is 1.86. The molecule has 1 aliphatic carbocycles. The van der Waals surface area contributed by atoms with Gasteiger partial charge in [-0.3, -0.25) is 4.79 Å². The van der Waals surface area contributed by atoms with E-state index in [1.807, 2.05) is 24.3 Å². The first kappa shape index (κ1) is 12.2. The summed E-state index contributed by atoms with van der Waals surface area (Å²) in [5, 5.41) is 2.96. The van der Waals surface area contributed by atoms with Crippen molar-refractivity contribution >= 4 is 11.6 Å². The van der Waals surface area contributed by atoms with E-state index < -0.39 is 0 Å². The molecule has 0 spiro atoms.